The Bertz CT molecular complexity index is 648. The van der Waals surface area contributed by atoms with Crippen LogP contribution in [0.2, 0.25) is 0 Å². The molecule has 0 heterocycles. The van der Waals surface area contributed by atoms with Gasteiger partial charge in [0.2, 0.25) is 0 Å². The van der Waals surface area contributed by atoms with Crippen molar-refractivity contribution in [2.75, 3.05) is 19.0 Å². The molecule has 0 saturated heterocycles. The lowest BCUT2D eigenvalue weighted by molar-refractivity contribution is 0.310. The van der Waals surface area contributed by atoms with Gasteiger partial charge in [0.05, 0.1) is 12.9 Å². The fourth-order valence-corrected chi connectivity index (χ4v) is 5.40. The molecular weight excluding hydrogens is 339 g/mol. The van der Waals surface area contributed by atoms with E-state index in [0.29, 0.717) is 6.61 Å². The summed E-state index contributed by atoms with van der Waals surface area (Å²) in [6.07, 6.45) is 6.31. The van der Waals surface area contributed by atoms with Crippen molar-refractivity contribution in [3.05, 3.63) is 60.7 Å². The van der Waals surface area contributed by atoms with E-state index in [9.17, 15) is 8.42 Å². The summed E-state index contributed by atoms with van der Waals surface area (Å²) < 4.78 is 26.6. The van der Waals surface area contributed by atoms with Gasteiger partial charge >= 0.3 is 0 Å². The molecule has 0 spiro atoms. The van der Waals surface area contributed by atoms with Crippen LogP contribution in [-0.4, -0.2) is 27.4 Å². The van der Waals surface area contributed by atoms with Gasteiger partial charge in [0.25, 0.3) is 10.1 Å². The Morgan fingerprint density at radius 2 is 1.29 bits per heavy atom. The normalized spacial score (nSPS) is 11.8. The second-order valence-corrected chi connectivity index (χ2v) is 9.74. The SMILES string of the molecule is CS(=O)(=O)OCCCCCCP(c1ccccc1)c1ccccc1. The zero-order valence-corrected chi connectivity index (χ0v) is 15.8. The van der Waals surface area contributed by atoms with Gasteiger partial charge in [-0.25, -0.2) is 0 Å². The van der Waals surface area contributed by atoms with Crippen LogP contribution in [0.25, 0.3) is 0 Å². The first kappa shape index (κ1) is 19.1. The van der Waals surface area contributed by atoms with Crippen LogP contribution in [-0.2, 0) is 14.3 Å². The Balaban J connectivity index is 1.82. The molecule has 0 aromatic heterocycles. The van der Waals surface area contributed by atoms with Gasteiger partial charge < -0.3 is 0 Å². The molecule has 2 aromatic carbocycles. The minimum absolute atomic E-state index is 0.297. The van der Waals surface area contributed by atoms with Crippen molar-refractivity contribution in [1.29, 1.82) is 0 Å². The third-order valence-electron chi connectivity index (χ3n) is 3.71. The summed E-state index contributed by atoms with van der Waals surface area (Å²) in [7, 11) is -3.62. The quantitative estimate of drug-likeness (QED) is 0.367. The molecule has 2 aromatic rings. The highest BCUT2D eigenvalue weighted by Gasteiger charge is 2.12. The molecular formula is C19H25O3PS. The van der Waals surface area contributed by atoms with Crippen molar-refractivity contribution in [1.82, 2.24) is 0 Å². The topological polar surface area (TPSA) is 43.4 Å². The maximum Gasteiger partial charge on any atom is 0.264 e. The van der Waals surface area contributed by atoms with Crippen molar-refractivity contribution in [2.24, 2.45) is 0 Å². The Morgan fingerprint density at radius 1 is 0.792 bits per heavy atom. The molecule has 0 N–H and O–H groups in total. The van der Waals surface area contributed by atoms with E-state index in [-0.39, 0.29) is 7.92 Å². The molecule has 0 saturated carbocycles. The minimum Gasteiger partial charge on any atom is -0.270 e. The molecule has 0 aliphatic carbocycles. The lowest BCUT2D eigenvalue weighted by Crippen LogP contribution is -2.13. The van der Waals surface area contributed by atoms with Crippen LogP contribution in [0.3, 0.4) is 0 Å². The molecule has 0 bridgehead atoms. The molecule has 24 heavy (non-hydrogen) atoms. The standard InChI is InChI=1S/C19H25O3PS/c1-24(20,21)22-16-10-2-3-11-17-23(18-12-6-4-7-13-18)19-14-8-5-9-15-19/h4-9,12-15H,2-3,10-11,16-17H2,1H3. The molecule has 0 amide bonds. The third-order valence-corrected chi connectivity index (χ3v) is 6.91. The van der Waals surface area contributed by atoms with E-state index in [2.05, 4.69) is 60.7 Å². The fraction of sp³-hybridized carbons (Fsp3) is 0.368. The van der Waals surface area contributed by atoms with E-state index in [1.54, 1.807) is 0 Å². The molecule has 0 atom stereocenters. The number of unbranched alkanes of at least 4 members (excludes halogenated alkanes) is 3. The first-order valence-corrected chi connectivity index (χ1v) is 11.6. The average molecular weight is 364 g/mol. The summed E-state index contributed by atoms with van der Waals surface area (Å²) >= 11 is 0. The number of hydrogen-bond acceptors (Lipinski definition) is 3. The summed E-state index contributed by atoms with van der Waals surface area (Å²) in [6.45, 7) is 0.297. The monoisotopic (exact) mass is 364 g/mol. The smallest absolute Gasteiger partial charge is 0.264 e. The summed E-state index contributed by atoms with van der Waals surface area (Å²) in [6, 6.07) is 21.4. The maximum absolute atomic E-state index is 10.9. The Morgan fingerprint density at radius 3 is 1.79 bits per heavy atom. The van der Waals surface area contributed by atoms with E-state index < -0.39 is 10.1 Å². The summed E-state index contributed by atoms with van der Waals surface area (Å²) in [4.78, 5) is 0. The van der Waals surface area contributed by atoms with E-state index >= 15 is 0 Å². The largest absolute Gasteiger partial charge is 0.270 e. The zero-order valence-electron chi connectivity index (χ0n) is 14.1. The van der Waals surface area contributed by atoms with Gasteiger partial charge in [0.15, 0.2) is 0 Å². The Labute approximate surface area is 146 Å². The van der Waals surface area contributed by atoms with Crippen molar-refractivity contribution < 1.29 is 12.6 Å². The van der Waals surface area contributed by atoms with Crippen LogP contribution >= 0.6 is 7.92 Å². The van der Waals surface area contributed by atoms with Crippen LogP contribution in [0.5, 0.6) is 0 Å². The highest BCUT2D eigenvalue weighted by Crippen LogP contribution is 2.34. The first-order valence-electron chi connectivity index (χ1n) is 8.28. The predicted molar refractivity (Wildman–Crippen MR) is 103 cm³/mol. The number of rotatable bonds is 10. The molecule has 0 aliphatic heterocycles. The summed E-state index contributed by atoms with van der Waals surface area (Å²) in [5, 5.41) is 2.83. The van der Waals surface area contributed by atoms with Crippen LogP contribution < -0.4 is 10.6 Å². The lowest BCUT2D eigenvalue weighted by atomic mass is 10.2. The Kier molecular flexibility index (Phi) is 7.90. The van der Waals surface area contributed by atoms with Gasteiger partial charge in [0, 0.05) is 0 Å². The van der Waals surface area contributed by atoms with E-state index in [1.165, 1.54) is 10.6 Å². The molecule has 5 heteroatoms. The average Bonchev–Trinajstić information content (AvgIpc) is 2.58. The van der Waals surface area contributed by atoms with Crippen molar-refractivity contribution >= 4 is 28.6 Å². The molecule has 0 aliphatic rings. The zero-order chi connectivity index (χ0) is 17.3. The summed E-state index contributed by atoms with van der Waals surface area (Å²) in [5.41, 5.74) is 0. The van der Waals surface area contributed by atoms with Crippen LogP contribution in [0, 0.1) is 0 Å². The van der Waals surface area contributed by atoms with Crippen molar-refractivity contribution in [3.8, 4) is 0 Å². The minimum atomic E-state index is -3.30. The molecule has 130 valence electrons. The number of benzene rings is 2. The second-order valence-electron chi connectivity index (χ2n) is 5.76. The predicted octanol–water partition coefficient (Wildman–Crippen LogP) is 3.66. The highest BCUT2D eigenvalue weighted by atomic mass is 32.2. The lowest BCUT2D eigenvalue weighted by Gasteiger charge is -2.18. The van der Waals surface area contributed by atoms with Gasteiger partial charge in [-0.15, -0.1) is 0 Å². The number of hydrogen-bond donors (Lipinski definition) is 0. The first-order chi connectivity index (χ1) is 11.6. The summed E-state index contributed by atoms with van der Waals surface area (Å²) in [5.74, 6) is 0. The van der Waals surface area contributed by atoms with Crippen molar-refractivity contribution in [2.45, 2.75) is 25.7 Å². The molecule has 0 fully saturated rings. The van der Waals surface area contributed by atoms with Crippen LogP contribution in [0.1, 0.15) is 25.7 Å². The van der Waals surface area contributed by atoms with Gasteiger partial charge in [-0.3, -0.25) is 4.18 Å². The van der Waals surface area contributed by atoms with Gasteiger partial charge in [-0.2, -0.15) is 8.42 Å². The van der Waals surface area contributed by atoms with E-state index in [0.717, 1.165) is 38.1 Å². The van der Waals surface area contributed by atoms with Gasteiger partial charge in [-0.05, 0) is 37.5 Å². The molecule has 0 radical (unpaired) electrons. The van der Waals surface area contributed by atoms with Crippen molar-refractivity contribution in [3.63, 3.8) is 0 Å². The molecule has 3 nitrogen and oxygen atoms in total. The fourth-order valence-electron chi connectivity index (χ4n) is 2.56. The second kappa shape index (κ2) is 9.93. The van der Waals surface area contributed by atoms with Crippen LogP contribution in [0.15, 0.2) is 60.7 Å². The van der Waals surface area contributed by atoms with E-state index in [4.69, 9.17) is 4.18 Å². The third kappa shape index (κ3) is 7.12. The van der Waals surface area contributed by atoms with E-state index in [1.807, 2.05) is 0 Å². The Hall–Kier alpha value is -1.22. The van der Waals surface area contributed by atoms with Gasteiger partial charge in [0.1, 0.15) is 0 Å². The van der Waals surface area contributed by atoms with Crippen LogP contribution in [0.4, 0.5) is 0 Å². The molecule has 0 unspecified atom stereocenters. The van der Waals surface area contributed by atoms with Gasteiger partial charge in [-0.1, -0.05) is 73.5 Å². The highest BCUT2D eigenvalue weighted by molar-refractivity contribution is 7.85. The maximum atomic E-state index is 10.9. The molecule has 2 rings (SSSR count).